The first-order valence-corrected chi connectivity index (χ1v) is 12.9. The third kappa shape index (κ3) is 5.37. The molecule has 4 aromatic rings. The molecule has 2 amide bonds. The number of carbonyl (C=O) groups excluding carboxylic acids is 1. The van der Waals surface area contributed by atoms with Crippen LogP contribution in [0.1, 0.15) is 12.5 Å². The maximum Gasteiger partial charge on any atom is 0.317 e. The summed E-state index contributed by atoms with van der Waals surface area (Å²) < 4.78 is 30.0. The fourth-order valence-corrected chi connectivity index (χ4v) is 5.53. The van der Waals surface area contributed by atoms with Crippen LogP contribution in [0.15, 0.2) is 42.7 Å². The average molecular weight is 524 g/mol. The van der Waals surface area contributed by atoms with Crippen LogP contribution in [0.25, 0.3) is 31.8 Å². The zero-order valence-electron chi connectivity index (χ0n) is 20.5. The number of fused-ring (bicyclic) bond motifs is 1. The van der Waals surface area contributed by atoms with Crippen molar-refractivity contribution in [2.24, 2.45) is 0 Å². The van der Waals surface area contributed by atoms with E-state index in [0.717, 1.165) is 33.0 Å². The molecule has 5 rings (SSSR count). The van der Waals surface area contributed by atoms with Gasteiger partial charge in [0.2, 0.25) is 11.9 Å². The Morgan fingerprint density at radius 1 is 1.19 bits per heavy atom. The highest BCUT2D eigenvalue weighted by Gasteiger charge is 2.20. The van der Waals surface area contributed by atoms with E-state index in [1.165, 1.54) is 17.4 Å². The van der Waals surface area contributed by atoms with Crippen LogP contribution in [-0.2, 0) is 6.42 Å². The molecule has 0 bridgehead atoms. The molecule has 1 atom stereocenters. The topological polar surface area (TPSA) is 95.1 Å². The van der Waals surface area contributed by atoms with E-state index in [1.807, 2.05) is 31.3 Å². The van der Waals surface area contributed by atoms with E-state index in [-0.39, 0.29) is 23.7 Å². The number of rotatable bonds is 9. The van der Waals surface area contributed by atoms with Gasteiger partial charge in [-0.05, 0) is 48.5 Å². The van der Waals surface area contributed by atoms with Crippen molar-refractivity contribution in [2.75, 3.05) is 38.5 Å². The Labute approximate surface area is 217 Å². The number of carbonyl (C=O) groups is 1. The Morgan fingerprint density at radius 2 is 2.05 bits per heavy atom. The maximum absolute atomic E-state index is 14.9. The van der Waals surface area contributed by atoms with Gasteiger partial charge < -0.3 is 20.9 Å². The highest BCUT2D eigenvalue weighted by molar-refractivity contribution is 7.22. The van der Waals surface area contributed by atoms with E-state index >= 15 is 0 Å². The second-order valence-corrected chi connectivity index (χ2v) is 9.98. The van der Waals surface area contributed by atoms with Crippen LogP contribution in [0.4, 0.5) is 19.5 Å². The zero-order valence-corrected chi connectivity index (χ0v) is 21.3. The largest absolute Gasteiger partial charge is 0.352 e. The van der Waals surface area contributed by atoms with Crippen LogP contribution in [0.2, 0.25) is 0 Å². The molecule has 3 N–H and O–H groups in total. The predicted molar refractivity (Wildman–Crippen MR) is 142 cm³/mol. The third-order valence-corrected chi connectivity index (χ3v) is 7.58. The van der Waals surface area contributed by atoms with Crippen molar-refractivity contribution in [3.8, 4) is 21.7 Å². The van der Waals surface area contributed by atoms with Gasteiger partial charge in [0.25, 0.3) is 0 Å². The summed E-state index contributed by atoms with van der Waals surface area (Å²) in [6.07, 6.45) is 3.41. The second kappa shape index (κ2) is 10.7. The van der Waals surface area contributed by atoms with Gasteiger partial charge in [-0.25, -0.2) is 24.1 Å². The normalized spacial score (nSPS) is 14.3. The number of nitrogens with one attached hydrogen (secondary N) is 3. The van der Waals surface area contributed by atoms with Gasteiger partial charge in [-0.3, -0.25) is 0 Å². The summed E-state index contributed by atoms with van der Waals surface area (Å²) in [5.41, 5.74) is 2.75. The lowest BCUT2D eigenvalue weighted by Crippen LogP contribution is -2.32. The first kappa shape index (κ1) is 25.0. The second-order valence-electron chi connectivity index (χ2n) is 8.93. The molecule has 8 nitrogen and oxygen atoms in total. The predicted octanol–water partition coefficient (Wildman–Crippen LogP) is 4.29. The zero-order chi connectivity index (χ0) is 25.9. The van der Waals surface area contributed by atoms with Crippen molar-refractivity contribution in [3.63, 3.8) is 0 Å². The van der Waals surface area contributed by atoms with E-state index in [9.17, 15) is 13.6 Å². The van der Waals surface area contributed by atoms with Crippen LogP contribution in [0, 0.1) is 11.8 Å². The van der Waals surface area contributed by atoms with Gasteiger partial charge in [-0.1, -0.05) is 18.2 Å². The number of thiophene rings is 1. The lowest BCUT2D eigenvalue weighted by molar-refractivity contribution is 0.219. The molecule has 1 aliphatic rings. The van der Waals surface area contributed by atoms with Crippen LogP contribution < -0.4 is 16.0 Å². The fraction of sp³-hybridized carbons (Fsp3) is 0.308. The van der Waals surface area contributed by atoms with E-state index in [2.05, 4.69) is 37.8 Å². The van der Waals surface area contributed by atoms with Crippen molar-refractivity contribution in [3.05, 3.63) is 60.1 Å². The summed E-state index contributed by atoms with van der Waals surface area (Å²) in [4.78, 5) is 26.4. The minimum atomic E-state index is -0.548. The molecule has 0 spiro atoms. The minimum Gasteiger partial charge on any atom is -0.352 e. The summed E-state index contributed by atoms with van der Waals surface area (Å²) in [5, 5.41) is 9.96. The van der Waals surface area contributed by atoms with E-state index in [1.54, 1.807) is 11.1 Å². The Balaban J connectivity index is 1.46. The molecule has 3 aromatic heterocycles. The molecule has 0 unspecified atom stereocenters. The highest BCUT2D eigenvalue weighted by Crippen LogP contribution is 2.40. The molecule has 1 fully saturated rings. The lowest BCUT2D eigenvalue weighted by atomic mass is 9.96. The molecule has 1 aromatic carbocycles. The molecule has 1 aliphatic heterocycles. The molecular formula is C26H27F2N7OS. The molecule has 192 valence electrons. The van der Waals surface area contributed by atoms with Crippen molar-refractivity contribution < 1.29 is 13.6 Å². The Kier molecular flexibility index (Phi) is 7.24. The van der Waals surface area contributed by atoms with Gasteiger partial charge in [0.05, 0.1) is 11.1 Å². The van der Waals surface area contributed by atoms with Crippen molar-refractivity contribution >= 4 is 33.4 Å². The SMILES string of the molecule is CN[C@H](C)Cc1cnc(F)cc1-c1cccc2cc(-c3nc(NCCN4CCNC4=O)ncc3F)sc12. The number of hydrogen-bond donors (Lipinski definition) is 3. The van der Waals surface area contributed by atoms with Crippen LogP contribution in [-0.4, -0.2) is 65.2 Å². The van der Waals surface area contributed by atoms with Gasteiger partial charge in [-0.2, -0.15) is 4.39 Å². The first-order chi connectivity index (χ1) is 17.9. The van der Waals surface area contributed by atoms with Crippen molar-refractivity contribution in [1.82, 2.24) is 30.5 Å². The van der Waals surface area contributed by atoms with Crippen molar-refractivity contribution in [1.29, 1.82) is 0 Å². The van der Waals surface area contributed by atoms with Crippen molar-refractivity contribution in [2.45, 2.75) is 19.4 Å². The standard InChI is InChI=1S/C26H27F2N7OS/c1-15(29-2)10-17-13-32-22(28)12-19(17)18-5-3-4-16-11-21(37-24(16)18)23-20(27)14-33-25(34-23)30-6-8-35-9-7-31-26(35)36/h3-5,11-15,29H,6-10H2,1-2H3,(H,31,36)(H,30,33,34)/t15-/m1/s1. The van der Waals surface area contributed by atoms with Gasteiger partial charge in [-0.15, -0.1) is 11.3 Å². The number of anilines is 1. The molecule has 11 heteroatoms. The number of likely N-dealkylation sites (N-methyl/N-ethyl adjacent to an activating group) is 1. The number of amides is 2. The van der Waals surface area contributed by atoms with Gasteiger partial charge in [0.1, 0.15) is 5.69 Å². The quantitative estimate of drug-likeness (QED) is 0.284. The molecule has 37 heavy (non-hydrogen) atoms. The van der Waals surface area contributed by atoms with Gasteiger partial charge in [0, 0.05) is 49.2 Å². The number of benzene rings is 1. The molecule has 0 aliphatic carbocycles. The summed E-state index contributed by atoms with van der Waals surface area (Å²) in [5.74, 6) is -0.794. The summed E-state index contributed by atoms with van der Waals surface area (Å²) in [7, 11) is 1.88. The maximum atomic E-state index is 14.9. The van der Waals surface area contributed by atoms with E-state index in [4.69, 9.17) is 0 Å². The third-order valence-electron chi connectivity index (χ3n) is 6.39. The van der Waals surface area contributed by atoms with Crippen LogP contribution in [0.3, 0.4) is 0 Å². The number of aromatic nitrogens is 3. The van der Waals surface area contributed by atoms with Crippen LogP contribution in [0.5, 0.6) is 0 Å². The number of urea groups is 1. The lowest BCUT2D eigenvalue weighted by Gasteiger charge is -2.14. The molecule has 0 radical (unpaired) electrons. The fourth-order valence-electron chi connectivity index (χ4n) is 4.35. The summed E-state index contributed by atoms with van der Waals surface area (Å²) in [6, 6.07) is 9.25. The molecule has 4 heterocycles. The Bertz CT molecular complexity index is 1440. The number of pyridine rings is 1. The monoisotopic (exact) mass is 523 g/mol. The van der Waals surface area contributed by atoms with Crippen LogP contribution >= 0.6 is 11.3 Å². The molecule has 1 saturated heterocycles. The summed E-state index contributed by atoms with van der Waals surface area (Å²) >= 11 is 1.40. The Hall–Kier alpha value is -3.70. The number of halogens is 2. The minimum absolute atomic E-state index is 0.0961. The summed E-state index contributed by atoms with van der Waals surface area (Å²) in [6.45, 7) is 4.27. The van der Waals surface area contributed by atoms with Gasteiger partial charge >= 0.3 is 6.03 Å². The molecule has 0 saturated carbocycles. The number of nitrogens with zero attached hydrogens (tertiary/aromatic N) is 4. The smallest absolute Gasteiger partial charge is 0.317 e. The highest BCUT2D eigenvalue weighted by atomic mass is 32.1. The molecular weight excluding hydrogens is 496 g/mol. The Morgan fingerprint density at radius 3 is 2.84 bits per heavy atom. The number of hydrogen-bond acceptors (Lipinski definition) is 7. The van der Waals surface area contributed by atoms with Gasteiger partial charge in [0.15, 0.2) is 5.82 Å². The van der Waals surface area contributed by atoms with E-state index < -0.39 is 11.8 Å². The average Bonchev–Trinajstić information content (AvgIpc) is 3.52. The van der Waals surface area contributed by atoms with E-state index in [0.29, 0.717) is 37.5 Å². The first-order valence-electron chi connectivity index (χ1n) is 12.1.